The molecule has 2 aromatic heterocycles. The van der Waals surface area contributed by atoms with Crippen LogP contribution in [0.3, 0.4) is 0 Å². The zero-order valence-corrected chi connectivity index (χ0v) is 16.0. The van der Waals surface area contributed by atoms with Gasteiger partial charge >= 0.3 is 0 Å². The number of aromatic nitrogens is 3. The predicted molar refractivity (Wildman–Crippen MR) is 109 cm³/mol. The highest BCUT2D eigenvalue weighted by molar-refractivity contribution is 7.80. The lowest BCUT2D eigenvalue weighted by Gasteiger charge is -2.12. The molecule has 0 unspecified atom stereocenters. The Morgan fingerprint density at radius 3 is 2.78 bits per heavy atom. The van der Waals surface area contributed by atoms with Crippen LogP contribution in [0.2, 0.25) is 0 Å². The van der Waals surface area contributed by atoms with Crippen LogP contribution in [0.5, 0.6) is 0 Å². The van der Waals surface area contributed by atoms with Crippen molar-refractivity contribution in [3.63, 3.8) is 0 Å². The van der Waals surface area contributed by atoms with Crippen molar-refractivity contribution < 1.29 is 4.79 Å². The number of fused-ring (bicyclic) bond motifs is 1. The number of rotatable bonds is 4. The van der Waals surface area contributed by atoms with Crippen LogP contribution in [0.25, 0.3) is 22.3 Å². The predicted octanol–water partition coefficient (Wildman–Crippen LogP) is 1.50. The maximum atomic E-state index is 12.3. The van der Waals surface area contributed by atoms with Crippen molar-refractivity contribution in [3.8, 4) is 11.4 Å². The lowest BCUT2D eigenvalue weighted by Crippen LogP contribution is -2.24. The monoisotopic (exact) mass is 381 g/mol. The van der Waals surface area contributed by atoms with Gasteiger partial charge in [0.15, 0.2) is 5.11 Å². The highest BCUT2D eigenvalue weighted by atomic mass is 32.1. The summed E-state index contributed by atoms with van der Waals surface area (Å²) >= 11 is 4.77. The number of hydrogen-bond acceptors (Lipinski definition) is 5. The van der Waals surface area contributed by atoms with E-state index in [9.17, 15) is 4.79 Å². The van der Waals surface area contributed by atoms with Gasteiger partial charge in [0.1, 0.15) is 0 Å². The first-order valence-corrected chi connectivity index (χ1v) is 8.49. The maximum Gasteiger partial charge on any atom is 0.253 e. The summed E-state index contributed by atoms with van der Waals surface area (Å²) < 4.78 is 1.87. The largest absolute Gasteiger partial charge is 0.375 e. The maximum absolute atomic E-state index is 12.3. The molecule has 0 aliphatic heterocycles. The molecule has 9 heteroatoms. The fourth-order valence-corrected chi connectivity index (χ4v) is 2.71. The van der Waals surface area contributed by atoms with Gasteiger partial charge in [-0.15, -0.1) is 0 Å². The molecular weight excluding hydrogens is 362 g/mol. The molecular formula is C18H19N7OS. The highest BCUT2D eigenvalue weighted by Crippen LogP contribution is 2.25. The van der Waals surface area contributed by atoms with Gasteiger partial charge in [-0.3, -0.25) is 10.2 Å². The van der Waals surface area contributed by atoms with Gasteiger partial charge < -0.3 is 15.2 Å². The molecule has 0 saturated carbocycles. The standard InChI is InChI=1S/C18H19N7OS/c1-24(2)17(26)11-4-5-13-12(8-21-23-18(19)27)7-15(22-14(13)6-11)16-9-20-10-25(16)3/h4-10H,1-3H3,(H3,19,23,27). The third kappa shape index (κ3) is 3.93. The molecule has 2 heterocycles. The fraction of sp³-hybridized carbons (Fsp3) is 0.167. The number of pyridine rings is 1. The summed E-state index contributed by atoms with van der Waals surface area (Å²) in [6, 6.07) is 7.30. The van der Waals surface area contributed by atoms with Crippen LogP contribution in [0, 0.1) is 0 Å². The Bertz CT molecular complexity index is 1060. The van der Waals surface area contributed by atoms with Gasteiger partial charge in [0.25, 0.3) is 5.91 Å². The van der Waals surface area contributed by atoms with Crippen LogP contribution < -0.4 is 11.2 Å². The average molecular weight is 381 g/mol. The Morgan fingerprint density at radius 2 is 2.15 bits per heavy atom. The van der Waals surface area contributed by atoms with E-state index in [0.29, 0.717) is 16.8 Å². The Kier molecular flexibility index (Phi) is 5.13. The Hall–Kier alpha value is -3.33. The zero-order valence-electron chi connectivity index (χ0n) is 15.2. The molecule has 0 aliphatic carbocycles. The van der Waals surface area contributed by atoms with Crippen molar-refractivity contribution in [3.05, 3.63) is 47.9 Å². The quantitative estimate of drug-likeness (QED) is 0.403. The number of aryl methyl sites for hydroxylation is 1. The molecule has 0 bridgehead atoms. The number of amides is 1. The van der Waals surface area contributed by atoms with Crippen LogP contribution in [-0.2, 0) is 7.05 Å². The lowest BCUT2D eigenvalue weighted by atomic mass is 10.0. The van der Waals surface area contributed by atoms with E-state index in [1.54, 1.807) is 45.0 Å². The van der Waals surface area contributed by atoms with Gasteiger partial charge in [-0.25, -0.2) is 9.97 Å². The van der Waals surface area contributed by atoms with Gasteiger partial charge in [-0.2, -0.15) is 5.10 Å². The van der Waals surface area contributed by atoms with Gasteiger partial charge in [0.2, 0.25) is 0 Å². The van der Waals surface area contributed by atoms with Crippen LogP contribution in [0.15, 0.2) is 41.9 Å². The summed E-state index contributed by atoms with van der Waals surface area (Å²) in [5.74, 6) is -0.0880. The zero-order chi connectivity index (χ0) is 19.6. The number of benzene rings is 1. The van der Waals surface area contributed by atoms with Crippen LogP contribution >= 0.6 is 12.2 Å². The molecule has 8 nitrogen and oxygen atoms in total. The van der Waals surface area contributed by atoms with E-state index in [0.717, 1.165) is 16.6 Å². The topological polar surface area (TPSA) is 101 Å². The second-order valence-electron chi connectivity index (χ2n) is 6.15. The third-order valence-electron chi connectivity index (χ3n) is 3.95. The van der Waals surface area contributed by atoms with Crippen molar-refractivity contribution in [2.24, 2.45) is 17.9 Å². The van der Waals surface area contributed by atoms with Gasteiger partial charge in [-0.05, 0) is 30.4 Å². The number of nitrogens with two attached hydrogens (primary N) is 1. The van der Waals surface area contributed by atoms with E-state index in [4.69, 9.17) is 22.9 Å². The SMILES string of the molecule is CN(C)C(=O)c1ccc2c(C=NNC(N)=S)cc(-c3cncn3C)nc2c1. The number of carbonyl (C=O) groups is 1. The molecule has 138 valence electrons. The number of imidazole rings is 1. The van der Waals surface area contributed by atoms with Gasteiger partial charge in [0.05, 0.1) is 35.6 Å². The van der Waals surface area contributed by atoms with Crippen molar-refractivity contribution in [1.29, 1.82) is 0 Å². The Morgan fingerprint density at radius 1 is 1.37 bits per heavy atom. The van der Waals surface area contributed by atoms with Crippen LogP contribution in [0.1, 0.15) is 15.9 Å². The number of nitrogens with zero attached hydrogens (tertiary/aromatic N) is 5. The first kappa shape index (κ1) is 18.5. The van der Waals surface area contributed by atoms with Crippen molar-refractivity contribution >= 4 is 40.4 Å². The molecule has 0 atom stereocenters. The van der Waals surface area contributed by atoms with Crippen molar-refractivity contribution in [1.82, 2.24) is 24.9 Å². The third-order valence-corrected chi connectivity index (χ3v) is 4.04. The van der Waals surface area contributed by atoms with E-state index in [2.05, 4.69) is 15.5 Å². The molecule has 1 aromatic carbocycles. The summed E-state index contributed by atoms with van der Waals surface area (Å²) in [6.45, 7) is 0. The van der Waals surface area contributed by atoms with E-state index in [1.807, 2.05) is 23.7 Å². The fourth-order valence-electron chi connectivity index (χ4n) is 2.65. The number of hydrogen-bond donors (Lipinski definition) is 2. The molecule has 27 heavy (non-hydrogen) atoms. The minimum Gasteiger partial charge on any atom is -0.375 e. The Balaban J connectivity index is 2.18. The molecule has 3 aromatic rings. The molecule has 0 aliphatic rings. The molecule has 0 radical (unpaired) electrons. The molecule has 0 spiro atoms. The molecule has 0 saturated heterocycles. The molecule has 1 amide bonds. The van der Waals surface area contributed by atoms with Gasteiger partial charge in [-0.1, -0.05) is 6.07 Å². The summed E-state index contributed by atoms with van der Waals surface area (Å²) in [5.41, 5.74) is 11.6. The normalized spacial score (nSPS) is 11.1. The lowest BCUT2D eigenvalue weighted by molar-refractivity contribution is 0.0827. The number of thiocarbonyl (C=S) groups is 1. The van der Waals surface area contributed by atoms with Crippen LogP contribution in [-0.4, -0.2) is 50.8 Å². The Labute approximate surface area is 161 Å². The first-order chi connectivity index (χ1) is 12.9. The second kappa shape index (κ2) is 7.50. The average Bonchev–Trinajstić information content (AvgIpc) is 3.05. The number of carbonyl (C=O) groups excluding carboxylic acids is 1. The van der Waals surface area contributed by atoms with Crippen molar-refractivity contribution in [2.75, 3.05) is 14.1 Å². The van der Waals surface area contributed by atoms with E-state index < -0.39 is 0 Å². The first-order valence-electron chi connectivity index (χ1n) is 8.08. The summed E-state index contributed by atoms with van der Waals surface area (Å²) in [6.07, 6.45) is 5.06. The minimum atomic E-state index is -0.0880. The smallest absolute Gasteiger partial charge is 0.253 e. The molecule has 3 rings (SSSR count). The molecule has 3 N–H and O–H groups in total. The molecule has 0 fully saturated rings. The van der Waals surface area contributed by atoms with Crippen molar-refractivity contribution in [2.45, 2.75) is 0 Å². The summed E-state index contributed by atoms with van der Waals surface area (Å²) in [7, 11) is 5.32. The van der Waals surface area contributed by atoms with Crippen LogP contribution in [0.4, 0.5) is 0 Å². The highest BCUT2D eigenvalue weighted by Gasteiger charge is 2.13. The summed E-state index contributed by atoms with van der Waals surface area (Å²) in [5, 5.41) is 4.99. The minimum absolute atomic E-state index is 0.0790. The van der Waals surface area contributed by atoms with E-state index >= 15 is 0 Å². The van der Waals surface area contributed by atoms with Gasteiger partial charge in [0, 0.05) is 37.7 Å². The van der Waals surface area contributed by atoms with E-state index in [1.165, 1.54) is 4.90 Å². The second-order valence-corrected chi connectivity index (χ2v) is 6.59. The number of nitrogens with one attached hydrogen (secondary N) is 1. The summed E-state index contributed by atoms with van der Waals surface area (Å²) in [4.78, 5) is 22.7. The number of hydrazone groups is 1. The van der Waals surface area contributed by atoms with E-state index in [-0.39, 0.29) is 11.0 Å².